The average molecular weight is 425 g/mol. The quantitative estimate of drug-likeness (QED) is 0.494. The number of pyridine rings is 1. The lowest BCUT2D eigenvalue weighted by Crippen LogP contribution is -2.39. The number of ketones is 1. The van der Waals surface area contributed by atoms with Gasteiger partial charge in [0.1, 0.15) is 5.69 Å². The number of hydrogen-bond acceptors (Lipinski definition) is 4. The fourth-order valence-corrected chi connectivity index (χ4v) is 4.84. The molecule has 32 heavy (non-hydrogen) atoms. The fraction of sp³-hybridized carbons (Fsp3) is 0.280. The predicted molar refractivity (Wildman–Crippen MR) is 119 cm³/mol. The van der Waals surface area contributed by atoms with Crippen LogP contribution >= 0.6 is 0 Å². The van der Waals surface area contributed by atoms with Crippen LogP contribution in [0.4, 0.5) is 0 Å². The Morgan fingerprint density at radius 1 is 1.06 bits per heavy atom. The number of para-hydroxylation sites is 1. The minimum Gasteiger partial charge on any atom is -0.351 e. The number of carbonyl (C=O) groups is 2. The molecular formula is C25H23N5O2. The Morgan fingerprint density at radius 3 is 2.66 bits per heavy atom. The Kier molecular flexibility index (Phi) is 4.24. The topological polar surface area (TPSA) is 83.9 Å². The van der Waals surface area contributed by atoms with E-state index in [1.807, 2.05) is 47.1 Å². The van der Waals surface area contributed by atoms with Crippen molar-refractivity contribution in [1.29, 1.82) is 0 Å². The van der Waals surface area contributed by atoms with E-state index in [4.69, 9.17) is 0 Å². The number of hydrogen-bond donors (Lipinski definition) is 1. The molecule has 0 saturated heterocycles. The number of Topliss-reactive ketones (excluding diaryl/α,β-unsaturated/α-hetero) is 1. The third-order valence-electron chi connectivity index (χ3n) is 6.86. The number of fused-ring (bicyclic) bond motifs is 2. The molecule has 6 rings (SSSR count). The van der Waals surface area contributed by atoms with Crippen LogP contribution < -0.4 is 0 Å². The zero-order valence-corrected chi connectivity index (χ0v) is 17.6. The van der Waals surface area contributed by atoms with Gasteiger partial charge in [0, 0.05) is 41.7 Å². The van der Waals surface area contributed by atoms with E-state index in [-0.39, 0.29) is 17.1 Å². The van der Waals surface area contributed by atoms with Gasteiger partial charge in [-0.3, -0.25) is 19.3 Å². The lowest BCUT2D eigenvalue weighted by molar-refractivity contribution is 0.0698. The molecule has 0 spiro atoms. The van der Waals surface area contributed by atoms with Crippen LogP contribution in [0.25, 0.3) is 10.9 Å². The number of carbonyl (C=O) groups excluding carboxylic acids is 2. The van der Waals surface area contributed by atoms with Gasteiger partial charge >= 0.3 is 0 Å². The van der Waals surface area contributed by atoms with Gasteiger partial charge in [-0.2, -0.15) is 5.10 Å². The van der Waals surface area contributed by atoms with Crippen molar-refractivity contribution in [2.24, 2.45) is 0 Å². The standard InChI is InChI=1S/C25H23N5O2/c31-23(14-25(7-8-25)18-5-9-26-10-6-18)19-15-27-30-12-11-29(16-22(19)30)24(32)21-13-17-3-1-2-4-20(17)28-21/h1-6,9-10,13,15,28H,7-8,11-12,14,16H2. The lowest BCUT2D eigenvalue weighted by Gasteiger charge is -2.28. The van der Waals surface area contributed by atoms with Gasteiger partial charge in [-0.05, 0) is 42.7 Å². The normalized spacial score (nSPS) is 16.7. The summed E-state index contributed by atoms with van der Waals surface area (Å²) in [5, 5.41) is 5.46. The first-order valence-electron chi connectivity index (χ1n) is 11.0. The molecule has 1 aliphatic carbocycles. The number of aromatic nitrogens is 4. The molecule has 7 heteroatoms. The molecule has 0 atom stereocenters. The van der Waals surface area contributed by atoms with E-state index >= 15 is 0 Å². The molecule has 0 radical (unpaired) electrons. The van der Waals surface area contributed by atoms with Crippen LogP contribution in [0.1, 0.15) is 51.4 Å². The van der Waals surface area contributed by atoms with E-state index in [2.05, 4.69) is 15.1 Å². The summed E-state index contributed by atoms with van der Waals surface area (Å²) in [6, 6.07) is 13.8. The van der Waals surface area contributed by atoms with Crippen LogP contribution in [0.3, 0.4) is 0 Å². The van der Waals surface area contributed by atoms with Crippen LogP contribution in [-0.2, 0) is 18.5 Å². The summed E-state index contributed by atoms with van der Waals surface area (Å²) in [6.45, 7) is 1.54. The van der Waals surface area contributed by atoms with E-state index < -0.39 is 0 Å². The second-order valence-corrected chi connectivity index (χ2v) is 8.84. The maximum atomic E-state index is 13.3. The zero-order chi connectivity index (χ0) is 21.7. The molecule has 1 saturated carbocycles. The van der Waals surface area contributed by atoms with E-state index in [1.165, 1.54) is 5.56 Å². The molecule has 4 aromatic rings. The van der Waals surface area contributed by atoms with Crippen molar-refractivity contribution in [1.82, 2.24) is 24.6 Å². The summed E-state index contributed by atoms with van der Waals surface area (Å²) in [5.74, 6) is 0.0444. The van der Waals surface area contributed by atoms with Gasteiger partial charge in [-0.25, -0.2) is 0 Å². The SMILES string of the molecule is O=C(CC1(c2ccncc2)CC1)c1cnn2c1CN(C(=O)c1cc3ccccc3[nH]1)CC2. The van der Waals surface area contributed by atoms with Crippen LogP contribution in [-0.4, -0.2) is 42.9 Å². The molecule has 1 aromatic carbocycles. The second-order valence-electron chi connectivity index (χ2n) is 8.84. The number of rotatable bonds is 5. The number of amides is 1. The number of nitrogens with one attached hydrogen (secondary N) is 1. The molecule has 0 unspecified atom stereocenters. The fourth-order valence-electron chi connectivity index (χ4n) is 4.84. The van der Waals surface area contributed by atoms with Crippen LogP contribution in [0.5, 0.6) is 0 Å². The van der Waals surface area contributed by atoms with E-state index in [1.54, 1.807) is 23.5 Å². The van der Waals surface area contributed by atoms with E-state index in [0.29, 0.717) is 37.3 Å². The Labute approximate surface area is 185 Å². The van der Waals surface area contributed by atoms with E-state index in [0.717, 1.165) is 29.4 Å². The first-order valence-corrected chi connectivity index (χ1v) is 11.0. The zero-order valence-electron chi connectivity index (χ0n) is 17.6. The van der Waals surface area contributed by atoms with Crippen molar-refractivity contribution >= 4 is 22.6 Å². The highest BCUT2D eigenvalue weighted by Crippen LogP contribution is 2.51. The molecular weight excluding hydrogens is 402 g/mol. The largest absolute Gasteiger partial charge is 0.351 e. The van der Waals surface area contributed by atoms with Crippen molar-refractivity contribution in [2.45, 2.75) is 37.8 Å². The van der Waals surface area contributed by atoms with Gasteiger partial charge in [-0.15, -0.1) is 0 Å². The van der Waals surface area contributed by atoms with Crippen LogP contribution in [0.2, 0.25) is 0 Å². The van der Waals surface area contributed by atoms with Crippen molar-refractivity contribution in [3.8, 4) is 0 Å². The number of nitrogens with zero attached hydrogens (tertiary/aromatic N) is 4. The van der Waals surface area contributed by atoms with Crippen molar-refractivity contribution in [3.63, 3.8) is 0 Å². The minimum absolute atomic E-state index is 0.0532. The highest BCUT2D eigenvalue weighted by molar-refractivity contribution is 5.99. The molecule has 4 heterocycles. The molecule has 160 valence electrons. The molecule has 1 aliphatic heterocycles. The number of benzene rings is 1. The predicted octanol–water partition coefficient (Wildman–Crippen LogP) is 3.72. The van der Waals surface area contributed by atoms with Gasteiger partial charge < -0.3 is 9.88 Å². The molecule has 1 fully saturated rings. The summed E-state index contributed by atoms with van der Waals surface area (Å²) in [6.07, 6.45) is 7.74. The third kappa shape index (κ3) is 3.12. The summed E-state index contributed by atoms with van der Waals surface area (Å²) in [7, 11) is 0. The molecule has 1 amide bonds. The molecule has 0 bridgehead atoms. The monoisotopic (exact) mass is 425 g/mol. The summed E-state index contributed by atoms with van der Waals surface area (Å²) < 4.78 is 1.87. The van der Waals surface area contributed by atoms with Gasteiger partial charge in [0.05, 0.1) is 30.5 Å². The van der Waals surface area contributed by atoms with Crippen molar-refractivity contribution < 1.29 is 9.59 Å². The summed E-state index contributed by atoms with van der Waals surface area (Å²) >= 11 is 0. The highest BCUT2D eigenvalue weighted by Gasteiger charge is 2.46. The van der Waals surface area contributed by atoms with E-state index in [9.17, 15) is 9.59 Å². The summed E-state index contributed by atoms with van der Waals surface area (Å²) in [5.41, 5.74) is 4.08. The Morgan fingerprint density at radius 2 is 1.88 bits per heavy atom. The number of H-pyrrole nitrogens is 1. The molecule has 2 aliphatic rings. The van der Waals surface area contributed by atoms with Crippen LogP contribution in [0, 0.1) is 0 Å². The second kappa shape index (κ2) is 7.15. The van der Waals surface area contributed by atoms with Gasteiger partial charge in [0.2, 0.25) is 0 Å². The van der Waals surface area contributed by atoms with Gasteiger partial charge in [-0.1, -0.05) is 18.2 Å². The molecule has 1 N–H and O–H groups in total. The minimum atomic E-state index is -0.0800. The Hall–Kier alpha value is -3.74. The van der Waals surface area contributed by atoms with Crippen molar-refractivity contribution in [2.75, 3.05) is 6.54 Å². The van der Waals surface area contributed by atoms with Crippen LogP contribution in [0.15, 0.2) is 61.1 Å². The molecule has 7 nitrogen and oxygen atoms in total. The maximum absolute atomic E-state index is 13.3. The summed E-state index contributed by atoms with van der Waals surface area (Å²) in [4.78, 5) is 35.6. The smallest absolute Gasteiger partial charge is 0.270 e. The Balaban J connectivity index is 1.23. The highest BCUT2D eigenvalue weighted by atomic mass is 16.2. The molecule has 3 aromatic heterocycles. The lowest BCUT2D eigenvalue weighted by atomic mass is 9.89. The Bertz CT molecular complexity index is 1300. The first-order chi connectivity index (χ1) is 15.6. The average Bonchev–Trinajstić information content (AvgIpc) is 3.29. The van der Waals surface area contributed by atoms with Gasteiger partial charge in [0.15, 0.2) is 5.78 Å². The third-order valence-corrected chi connectivity index (χ3v) is 6.86. The van der Waals surface area contributed by atoms with Gasteiger partial charge in [0.25, 0.3) is 5.91 Å². The first kappa shape index (κ1) is 19.0. The number of aromatic amines is 1. The maximum Gasteiger partial charge on any atom is 0.270 e. The van der Waals surface area contributed by atoms with Crippen molar-refractivity contribution in [3.05, 3.63) is 83.6 Å².